The second-order valence-corrected chi connectivity index (χ2v) is 7.63. The van der Waals surface area contributed by atoms with Gasteiger partial charge >= 0.3 is 0 Å². The first-order chi connectivity index (χ1) is 12.9. The number of ether oxygens (including phenoxy) is 1. The van der Waals surface area contributed by atoms with Crippen molar-refractivity contribution in [1.29, 1.82) is 0 Å². The summed E-state index contributed by atoms with van der Waals surface area (Å²) in [5.41, 5.74) is 6.91. The highest BCUT2D eigenvalue weighted by molar-refractivity contribution is 5.85. The molecule has 0 amide bonds. The first-order valence-corrected chi connectivity index (χ1v) is 11.3. The first kappa shape index (κ1) is 26.3. The van der Waals surface area contributed by atoms with Crippen LogP contribution >= 0.6 is 12.4 Å². The third-order valence-corrected chi connectivity index (χ3v) is 5.08. The van der Waals surface area contributed by atoms with Gasteiger partial charge < -0.3 is 10.5 Å². The number of rotatable bonds is 18. The minimum atomic E-state index is 0. The van der Waals surface area contributed by atoms with Gasteiger partial charge in [-0.3, -0.25) is 0 Å². The molecule has 158 valence electrons. The zero-order valence-corrected chi connectivity index (χ0v) is 18.5. The van der Waals surface area contributed by atoms with Crippen LogP contribution in [0.5, 0.6) is 5.75 Å². The van der Waals surface area contributed by atoms with Crippen LogP contribution in [-0.4, -0.2) is 13.2 Å². The maximum atomic E-state index is 5.73. The monoisotopic (exact) mass is 397 g/mol. The molecule has 1 aromatic rings. The Morgan fingerprint density at radius 3 is 1.85 bits per heavy atom. The van der Waals surface area contributed by atoms with E-state index < -0.39 is 0 Å². The summed E-state index contributed by atoms with van der Waals surface area (Å²) >= 11 is 0. The van der Waals surface area contributed by atoms with E-state index in [4.69, 9.17) is 10.5 Å². The van der Waals surface area contributed by atoms with Crippen LogP contribution in [0.15, 0.2) is 24.3 Å². The molecular formula is C24H44ClNO. The number of unbranched alkanes of at least 4 members (excludes halogenated alkanes) is 12. The molecule has 0 unspecified atom stereocenters. The lowest BCUT2D eigenvalue weighted by Crippen LogP contribution is -2.06. The smallest absolute Gasteiger partial charge is 0.119 e. The van der Waals surface area contributed by atoms with E-state index in [1.807, 2.05) is 6.07 Å². The first-order valence-electron chi connectivity index (χ1n) is 11.3. The lowest BCUT2D eigenvalue weighted by Gasteiger charge is -2.07. The van der Waals surface area contributed by atoms with Gasteiger partial charge in [0.15, 0.2) is 0 Å². The molecule has 1 aromatic carbocycles. The minimum absolute atomic E-state index is 0. The Balaban J connectivity index is 0.00000676. The van der Waals surface area contributed by atoms with E-state index in [0.717, 1.165) is 18.8 Å². The van der Waals surface area contributed by atoms with Crippen molar-refractivity contribution in [2.45, 2.75) is 103 Å². The van der Waals surface area contributed by atoms with Crippen molar-refractivity contribution >= 4 is 12.4 Å². The average molecular weight is 398 g/mol. The third kappa shape index (κ3) is 16.0. The van der Waals surface area contributed by atoms with Crippen LogP contribution in [0.2, 0.25) is 0 Å². The van der Waals surface area contributed by atoms with Crippen molar-refractivity contribution in [1.82, 2.24) is 0 Å². The fraction of sp³-hybridized carbons (Fsp3) is 0.750. The van der Waals surface area contributed by atoms with Gasteiger partial charge in [0.05, 0.1) is 6.61 Å². The number of benzene rings is 1. The summed E-state index contributed by atoms with van der Waals surface area (Å²) in [6.45, 7) is 3.70. The fourth-order valence-electron chi connectivity index (χ4n) is 3.41. The minimum Gasteiger partial charge on any atom is -0.494 e. The van der Waals surface area contributed by atoms with Gasteiger partial charge in [0.2, 0.25) is 0 Å². The molecule has 0 bridgehead atoms. The predicted octanol–water partition coefficient (Wildman–Crippen LogP) is 7.47. The molecule has 0 radical (unpaired) electrons. The van der Waals surface area contributed by atoms with E-state index in [9.17, 15) is 0 Å². The zero-order chi connectivity index (χ0) is 18.7. The van der Waals surface area contributed by atoms with E-state index in [-0.39, 0.29) is 12.4 Å². The van der Waals surface area contributed by atoms with Crippen molar-refractivity contribution in [2.75, 3.05) is 13.2 Å². The fourth-order valence-corrected chi connectivity index (χ4v) is 3.41. The number of aryl methyl sites for hydroxylation is 1. The molecular weight excluding hydrogens is 354 g/mol. The lowest BCUT2D eigenvalue weighted by atomic mass is 10.0. The van der Waals surface area contributed by atoms with Gasteiger partial charge in [-0.15, -0.1) is 12.4 Å². The van der Waals surface area contributed by atoms with Crippen LogP contribution in [0.4, 0.5) is 0 Å². The van der Waals surface area contributed by atoms with Crippen LogP contribution in [0, 0.1) is 0 Å². The molecule has 0 aliphatic rings. The molecule has 1 rings (SSSR count). The Kier molecular flexibility index (Phi) is 19.5. The lowest BCUT2D eigenvalue weighted by molar-refractivity contribution is 0.313. The molecule has 3 heteroatoms. The predicted molar refractivity (Wildman–Crippen MR) is 122 cm³/mol. The molecule has 0 atom stereocenters. The van der Waals surface area contributed by atoms with E-state index in [2.05, 4.69) is 25.1 Å². The van der Waals surface area contributed by atoms with Gasteiger partial charge in [-0.2, -0.15) is 0 Å². The third-order valence-electron chi connectivity index (χ3n) is 5.08. The number of hydrogen-bond acceptors (Lipinski definition) is 2. The molecule has 0 saturated heterocycles. The van der Waals surface area contributed by atoms with E-state index in [0.29, 0.717) is 6.54 Å². The van der Waals surface area contributed by atoms with E-state index in [1.165, 1.54) is 95.5 Å². The number of halogens is 1. The van der Waals surface area contributed by atoms with Crippen LogP contribution in [0.3, 0.4) is 0 Å². The molecule has 0 heterocycles. The SMILES string of the molecule is CCCCCCCCCCCCCCCc1cccc(OCCCN)c1.Cl. The standard InChI is InChI=1S/C24H43NO.ClH/c1-2-3-4-5-6-7-8-9-10-11-12-13-14-17-23-18-15-19-24(22-23)26-21-16-20-25;/h15,18-19,22H,2-14,16-17,20-21,25H2,1H3;1H. The summed E-state index contributed by atoms with van der Waals surface area (Å²) in [7, 11) is 0. The molecule has 0 fully saturated rings. The van der Waals surface area contributed by atoms with Crippen LogP contribution in [0.25, 0.3) is 0 Å². The highest BCUT2D eigenvalue weighted by Gasteiger charge is 1.98. The highest BCUT2D eigenvalue weighted by Crippen LogP contribution is 2.17. The largest absolute Gasteiger partial charge is 0.494 e. The molecule has 0 aliphatic carbocycles. The number of nitrogens with two attached hydrogens (primary N) is 1. The molecule has 0 aromatic heterocycles. The summed E-state index contributed by atoms with van der Waals surface area (Å²) in [4.78, 5) is 0. The topological polar surface area (TPSA) is 35.2 Å². The summed E-state index contributed by atoms with van der Waals surface area (Å²) in [6.07, 6.45) is 20.4. The van der Waals surface area contributed by atoms with Gasteiger partial charge in [-0.25, -0.2) is 0 Å². The maximum absolute atomic E-state index is 5.73. The highest BCUT2D eigenvalue weighted by atomic mass is 35.5. The van der Waals surface area contributed by atoms with Crippen molar-refractivity contribution in [3.8, 4) is 5.75 Å². The van der Waals surface area contributed by atoms with Crippen molar-refractivity contribution in [3.05, 3.63) is 29.8 Å². The molecule has 0 saturated carbocycles. The maximum Gasteiger partial charge on any atom is 0.119 e. The second kappa shape index (κ2) is 20.0. The normalized spacial score (nSPS) is 10.6. The Morgan fingerprint density at radius 1 is 0.741 bits per heavy atom. The Hall–Kier alpha value is -0.730. The van der Waals surface area contributed by atoms with Gasteiger partial charge in [-0.05, 0) is 43.5 Å². The van der Waals surface area contributed by atoms with Gasteiger partial charge in [-0.1, -0.05) is 96.1 Å². The summed E-state index contributed by atoms with van der Waals surface area (Å²) < 4.78 is 5.73. The summed E-state index contributed by atoms with van der Waals surface area (Å²) in [6, 6.07) is 8.56. The van der Waals surface area contributed by atoms with E-state index >= 15 is 0 Å². The average Bonchev–Trinajstić information content (AvgIpc) is 2.66. The molecule has 2 nitrogen and oxygen atoms in total. The second-order valence-electron chi connectivity index (χ2n) is 7.63. The molecule has 2 N–H and O–H groups in total. The molecule has 0 spiro atoms. The zero-order valence-electron chi connectivity index (χ0n) is 17.7. The van der Waals surface area contributed by atoms with Crippen molar-refractivity contribution in [3.63, 3.8) is 0 Å². The van der Waals surface area contributed by atoms with Crippen molar-refractivity contribution in [2.24, 2.45) is 5.73 Å². The van der Waals surface area contributed by atoms with Crippen molar-refractivity contribution < 1.29 is 4.74 Å². The van der Waals surface area contributed by atoms with Gasteiger partial charge in [0.1, 0.15) is 5.75 Å². The Labute approximate surface area is 175 Å². The van der Waals surface area contributed by atoms with Crippen LogP contribution < -0.4 is 10.5 Å². The quantitative estimate of drug-likeness (QED) is 0.261. The summed E-state index contributed by atoms with van der Waals surface area (Å²) in [5.74, 6) is 0.991. The van der Waals surface area contributed by atoms with Crippen LogP contribution in [-0.2, 0) is 6.42 Å². The van der Waals surface area contributed by atoms with Gasteiger partial charge in [0.25, 0.3) is 0 Å². The summed E-state index contributed by atoms with van der Waals surface area (Å²) in [5, 5.41) is 0. The van der Waals surface area contributed by atoms with E-state index in [1.54, 1.807) is 0 Å². The molecule has 27 heavy (non-hydrogen) atoms. The van der Waals surface area contributed by atoms with Crippen LogP contribution in [0.1, 0.15) is 102 Å². The van der Waals surface area contributed by atoms with Gasteiger partial charge in [0, 0.05) is 0 Å². The molecule has 0 aliphatic heterocycles. The Bertz CT molecular complexity index is 425. The Morgan fingerprint density at radius 2 is 1.30 bits per heavy atom. The number of hydrogen-bond donors (Lipinski definition) is 1.